The average Bonchev–Trinajstić information content (AvgIpc) is 2.00. The van der Waals surface area contributed by atoms with Crippen LogP contribution in [0.2, 0.25) is 0 Å². The van der Waals surface area contributed by atoms with Crippen LogP contribution >= 0.6 is 0 Å². The summed E-state index contributed by atoms with van der Waals surface area (Å²) in [7, 11) is 1.56. The number of allylic oxidation sites excluding steroid dienone is 1. The summed E-state index contributed by atoms with van der Waals surface area (Å²) in [6.07, 6.45) is 0.236. The number of carbonyl (C=O) groups excluding carboxylic acids is 2. The van der Waals surface area contributed by atoms with Crippen molar-refractivity contribution in [1.29, 1.82) is 0 Å². The fourth-order valence-electron chi connectivity index (χ4n) is 0.442. The van der Waals surface area contributed by atoms with Crippen LogP contribution in [0.4, 0.5) is 0 Å². The fraction of sp³-hybridized carbons (Fsp3) is 0.429. The molecule has 3 heteroatoms. The van der Waals surface area contributed by atoms with E-state index in [9.17, 15) is 9.59 Å². The van der Waals surface area contributed by atoms with Crippen LogP contribution in [-0.4, -0.2) is 18.6 Å². The predicted octanol–water partition coefficient (Wildman–Crippen LogP) is 0.268. The Morgan fingerprint density at radius 3 is 2.30 bits per heavy atom. The summed E-state index contributed by atoms with van der Waals surface area (Å²) >= 11 is 0. The number of Topliss-reactive ketones (excluding diaryl/α,β-unsaturated/α-hetero) is 2. The largest absolute Gasteiger partial charge is 0.385 e. The minimum Gasteiger partial charge on any atom is -0.385 e. The smallest absolute Gasteiger partial charge is 0.243 e. The summed E-state index contributed by atoms with van der Waals surface area (Å²) in [6.45, 7) is 5.00. The molecule has 0 fully saturated rings. The first kappa shape index (κ1) is 8.88. The van der Waals surface area contributed by atoms with E-state index in [0.29, 0.717) is 0 Å². The number of ketones is 2. The van der Waals surface area contributed by atoms with Gasteiger partial charge in [0.15, 0.2) is 0 Å². The van der Waals surface area contributed by atoms with Gasteiger partial charge in [0.2, 0.25) is 11.6 Å². The molecule has 0 rings (SSSR count). The summed E-state index contributed by atoms with van der Waals surface area (Å²) < 4.78 is 0. The predicted molar refractivity (Wildman–Crippen MR) is 38.5 cm³/mol. The molecule has 0 saturated heterocycles. The van der Waals surface area contributed by atoms with Crippen molar-refractivity contribution < 1.29 is 9.59 Å². The first-order valence-corrected chi connectivity index (χ1v) is 3.07. The Labute approximate surface area is 60.1 Å². The highest BCUT2D eigenvalue weighted by Crippen LogP contribution is 1.90. The molecule has 0 aliphatic rings. The van der Waals surface area contributed by atoms with E-state index in [0.717, 1.165) is 0 Å². The van der Waals surface area contributed by atoms with Crippen molar-refractivity contribution in [2.24, 2.45) is 0 Å². The Hall–Kier alpha value is -1.12. The van der Waals surface area contributed by atoms with Crippen molar-refractivity contribution in [1.82, 2.24) is 5.32 Å². The number of hydrogen-bond acceptors (Lipinski definition) is 3. The molecule has 0 bridgehead atoms. The molecule has 0 aromatic rings. The normalized spacial score (nSPS) is 8.60. The molecule has 0 spiro atoms. The summed E-state index contributed by atoms with van der Waals surface area (Å²) in [5, 5.41) is 2.52. The van der Waals surface area contributed by atoms with E-state index in [4.69, 9.17) is 0 Å². The highest BCUT2D eigenvalue weighted by molar-refractivity contribution is 6.43. The van der Waals surface area contributed by atoms with Gasteiger partial charge in [-0.1, -0.05) is 13.5 Å². The Morgan fingerprint density at radius 1 is 1.50 bits per heavy atom. The molecule has 0 radical (unpaired) electrons. The molecule has 0 aliphatic carbocycles. The second-order valence-electron chi connectivity index (χ2n) is 1.83. The van der Waals surface area contributed by atoms with Gasteiger partial charge in [0.1, 0.15) is 0 Å². The Morgan fingerprint density at radius 2 is 2.00 bits per heavy atom. The van der Waals surface area contributed by atoms with Crippen LogP contribution in [0.3, 0.4) is 0 Å². The van der Waals surface area contributed by atoms with Crippen LogP contribution in [0.5, 0.6) is 0 Å². The number of carbonyl (C=O) groups is 2. The van der Waals surface area contributed by atoms with E-state index in [2.05, 4.69) is 11.9 Å². The Kier molecular flexibility index (Phi) is 3.39. The third-order valence-electron chi connectivity index (χ3n) is 1.15. The standard InChI is InChI=1S/C7H11NO2/c1-4-6(9)7(10)5(2)8-3/h8H,2,4H2,1,3H3. The number of rotatable bonds is 4. The SMILES string of the molecule is C=C(NC)C(=O)C(=O)CC. The molecule has 0 aliphatic heterocycles. The molecule has 0 unspecified atom stereocenters. The lowest BCUT2D eigenvalue weighted by atomic mass is 10.2. The molecule has 0 aromatic carbocycles. The van der Waals surface area contributed by atoms with Gasteiger partial charge in [-0.15, -0.1) is 0 Å². The number of hydrogen-bond donors (Lipinski definition) is 1. The third kappa shape index (κ3) is 2.01. The van der Waals surface area contributed by atoms with Crippen molar-refractivity contribution in [3.8, 4) is 0 Å². The maximum atomic E-state index is 10.8. The molecular formula is C7H11NO2. The topological polar surface area (TPSA) is 46.2 Å². The van der Waals surface area contributed by atoms with Crippen LogP contribution in [-0.2, 0) is 9.59 Å². The molecule has 10 heavy (non-hydrogen) atoms. The van der Waals surface area contributed by atoms with Crippen molar-refractivity contribution in [3.05, 3.63) is 12.3 Å². The number of likely N-dealkylation sites (N-methyl/N-ethyl adjacent to an activating group) is 1. The van der Waals surface area contributed by atoms with Crippen LogP contribution in [0.15, 0.2) is 12.3 Å². The van der Waals surface area contributed by atoms with Gasteiger partial charge in [0, 0.05) is 13.5 Å². The van der Waals surface area contributed by atoms with E-state index < -0.39 is 11.6 Å². The van der Waals surface area contributed by atoms with E-state index in [1.165, 1.54) is 0 Å². The molecule has 0 amide bonds. The van der Waals surface area contributed by atoms with Gasteiger partial charge >= 0.3 is 0 Å². The first-order chi connectivity index (χ1) is 4.63. The lowest BCUT2D eigenvalue weighted by Crippen LogP contribution is -2.22. The molecule has 0 saturated carbocycles. The maximum Gasteiger partial charge on any atom is 0.243 e. The van der Waals surface area contributed by atoms with Crippen molar-refractivity contribution in [2.45, 2.75) is 13.3 Å². The molecule has 0 heterocycles. The van der Waals surface area contributed by atoms with Crippen molar-refractivity contribution in [2.75, 3.05) is 7.05 Å². The second kappa shape index (κ2) is 3.82. The van der Waals surface area contributed by atoms with Gasteiger partial charge in [-0.25, -0.2) is 0 Å². The van der Waals surface area contributed by atoms with Gasteiger partial charge in [0.05, 0.1) is 5.70 Å². The summed E-state index contributed by atoms with van der Waals surface area (Å²) in [5.74, 6) is -0.927. The molecular weight excluding hydrogens is 130 g/mol. The molecule has 56 valence electrons. The van der Waals surface area contributed by atoms with Gasteiger partial charge < -0.3 is 5.32 Å². The van der Waals surface area contributed by atoms with E-state index >= 15 is 0 Å². The van der Waals surface area contributed by atoms with Crippen LogP contribution in [0.25, 0.3) is 0 Å². The molecule has 3 nitrogen and oxygen atoms in total. The molecule has 1 N–H and O–H groups in total. The fourth-order valence-corrected chi connectivity index (χ4v) is 0.442. The minimum atomic E-state index is -0.523. The number of nitrogens with one attached hydrogen (secondary N) is 1. The van der Waals surface area contributed by atoms with Crippen molar-refractivity contribution >= 4 is 11.6 Å². The maximum absolute atomic E-state index is 10.8. The molecule has 0 aromatic heterocycles. The van der Waals surface area contributed by atoms with Gasteiger partial charge in [-0.3, -0.25) is 9.59 Å². The lowest BCUT2D eigenvalue weighted by Gasteiger charge is -1.99. The zero-order chi connectivity index (χ0) is 8.15. The van der Waals surface area contributed by atoms with Gasteiger partial charge in [-0.05, 0) is 0 Å². The lowest BCUT2D eigenvalue weighted by molar-refractivity contribution is -0.134. The summed E-state index contributed by atoms with van der Waals surface area (Å²) in [4.78, 5) is 21.5. The Bertz CT molecular complexity index is 154. The van der Waals surface area contributed by atoms with Gasteiger partial charge in [0.25, 0.3) is 0 Å². The minimum absolute atomic E-state index is 0.159. The van der Waals surface area contributed by atoms with Crippen LogP contribution in [0, 0.1) is 0 Å². The molecule has 0 atom stereocenters. The monoisotopic (exact) mass is 141 g/mol. The quantitative estimate of drug-likeness (QED) is 0.451. The average molecular weight is 141 g/mol. The highest BCUT2D eigenvalue weighted by atomic mass is 16.2. The van der Waals surface area contributed by atoms with Crippen LogP contribution in [0.1, 0.15) is 13.3 Å². The zero-order valence-corrected chi connectivity index (χ0v) is 6.23. The van der Waals surface area contributed by atoms with E-state index in [1.54, 1.807) is 14.0 Å². The Balaban J connectivity index is 4.09. The third-order valence-corrected chi connectivity index (χ3v) is 1.15. The summed E-state index contributed by atoms with van der Waals surface area (Å²) in [5.41, 5.74) is 0.159. The summed E-state index contributed by atoms with van der Waals surface area (Å²) in [6, 6.07) is 0. The van der Waals surface area contributed by atoms with E-state index in [1.807, 2.05) is 0 Å². The van der Waals surface area contributed by atoms with Crippen molar-refractivity contribution in [3.63, 3.8) is 0 Å². The highest BCUT2D eigenvalue weighted by Gasteiger charge is 2.12. The second-order valence-corrected chi connectivity index (χ2v) is 1.83. The van der Waals surface area contributed by atoms with E-state index in [-0.39, 0.29) is 12.1 Å². The first-order valence-electron chi connectivity index (χ1n) is 3.07. The zero-order valence-electron chi connectivity index (χ0n) is 6.23. The van der Waals surface area contributed by atoms with Gasteiger partial charge in [-0.2, -0.15) is 0 Å². The van der Waals surface area contributed by atoms with Crippen LogP contribution < -0.4 is 5.32 Å².